The van der Waals surface area contributed by atoms with E-state index in [9.17, 15) is 13.2 Å². The normalized spacial score (nSPS) is 13.9. The van der Waals surface area contributed by atoms with Crippen LogP contribution in [0.1, 0.15) is 13.8 Å². The number of halogens is 3. The number of allylic oxidation sites excluding steroid dienone is 2. The van der Waals surface area contributed by atoms with Gasteiger partial charge in [-0.2, -0.15) is 13.2 Å². The third-order valence-electron chi connectivity index (χ3n) is 0.912. The zero-order chi connectivity index (χ0) is 9.78. The van der Waals surface area contributed by atoms with Crippen molar-refractivity contribution in [2.24, 2.45) is 4.99 Å². The Morgan fingerprint density at radius 1 is 1.42 bits per heavy atom. The summed E-state index contributed by atoms with van der Waals surface area (Å²) in [6.07, 6.45) is -2.75. The van der Waals surface area contributed by atoms with Crippen LogP contribution >= 0.6 is 0 Å². The fourth-order valence-electron chi connectivity index (χ4n) is 0.536. The van der Waals surface area contributed by atoms with Gasteiger partial charge in [-0.25, -0.2) is 0 Å². The molecule has 0 radical (unpaired) electrons. The number of hydrogen-bond donors (Lipinski definition) is 1. The van der Waals surface area contributed by atoms with E-state index < -0.39 is 11.9 Å². The largest absolute Gasteiger partial charge is 0.433 e. The highest BCUT2D eigenvalue weighted by Crippen LogP contribution is 2.26. The molecule has 0 saturated heterocycles. The first-order chi connectivity index (χ1) is 5.38. The molecule has 0 aromatic carbocycles. The van der Waals surface area contributed by atoms with Crippen molar-refractivity contribution >= 4 is 11.9 Å². The van der Waals surface area contributed by atoms with E-state index in [1.807, 2.05) is 0 Å². The molecule has 0 aliphatic rings. The number of nitrogens with one attached hydrogen (secondary N) is 1. The lowest BCUT2D eigenvalue weighted by Crippen LogP contribution is -2.11. The minimum Gasteiger partial charge on any atom is -0.306 e. The van der Waals surface area contributed by atoms with Crippen LogP contribution in [0.15, 0.2) is 16.8 Å². The smallest absolute Gasteiger partial charge is 0.306 e. The van der Waals surface area contributed by atoms with E-state index in [1.165, 1.54) is 13.8 Å². The molecule has 0 aliphatic heterocycles. The zero-order valence-corrected chi connectivity index (χ0v) is 6.74. The molecule has 0 aliphatic carbocycles. The third-order valence-corrected chi connectivity index (χ3v) is 0.912. The zero-order valence-electron chi connectivity index (χ0n) is 6.74. The fourth-order valence-corrected chi connectivity index (χ4v) is 0.536. The van der Waals surface area contributed by atoms with Gasteiger partial charge >= 0.3 is 6.18 Å². The lowest BCUT2D eigenvalue weighted by atomic mass is 10.3. The summed E-state index contributed by atoms with van der Waals surface area (Å²) >= 11 is 0. The van der Waals surface area contributed by atoms with E-state index in [2.05, 4.69) is 4.99 Å². The van der Waals surface area contributed by atoms with Crippen molar-refractivity contribution in [2.45, 2.75) is 20.0 Å². The minimum atomic E-state index is -4.48. The topological polar surface area (TPSA) is 36.2 Å². The summed E-state index contributed by atoms with van der Waals surface area (Å²) < 4.78 is 36.0. The van der Waals surface area contributed by atoms with E-state index in [0.717, 1.165) is 6.21 Å². The molecule has 2 nitrogen and oxygen atoms in total. The Labute approximate surface area is 68.3 Å². The molecule has 0 heterocycles. The molecule has 0 bridgehead atoms. The molecule has 68 valence electrons. The summed E-state index contributed by atoms with van der Waals surface area (Å²) in [6, 6.07) is 0. The predicted molar refractivity (Wildman–Crippen MR) is 41.7 cm³/mol. The van der Waals surface area contributed by atoms with Gasteiger partial charge in [0.2, 0.25) is 0 Å². The van der Waals surface area contributed by atoms with Gasteiger partial charge in [-0.1, -0.05) is 0 Å². The first kappa shape index (κ1) is 10.9. The number of rotatable bonds is 2. The van der Waals surface area contributed by atoms with Gasteiger partial charge in [0.15, 0.2) is 0 Å². The van der Waals surface area contributed by atoms with Gasteiger partial charge in [0.25, 0.3) is 0 Å². The van der Waals surface area contributed by atoms with Crippen LogP contribution in [-0.4, -0.2) is 18.1 Å². The molecular formula is C7H9F3N2. The quantitative estimate of drug-likeness (QED) is 0.631. The Morgan fingerprint density at radius 2 is 1.92 bits per heavy atom. The number of alkyl halides is 3. The van der Waals surface area contributed by atoms with Crippen LogP contribution < -0.4 is 0 Å². The maximum Gasteiger partial charge on any atom is 0.433 e. The second kappa shape index (κ2) is 4.04. The summed E-state index contributed by atoms with van der Waals surface area (Å²) in [7, 11) is 0. The summed E-state index contributed by atoms with van der Waals surface area (Å²) in [5, 5.41) is 6.83. The molecular weight excluding hydrogens is 169 g/mol. The predicted octanol–water partition coefficient (Wildman–Crippen LogP) is 2.56. The Balaban J connectivity index is 4.80. The first-order valence-electron chi connectivity index (χ1n) is 3.20. The molecule has 0 aromatic rings. The summed E-state index contributed by atoms with van der Waals surface area (Å²) in [5.74, 6) is 0. The van der Waals surface area contributed by atoms with Crippen LogP contribution in [0.4, 0.5) is 13.2 Å². The molecule has 0 saturated carbocycles. The highest BCUT2D eigenvalue weighted by Gasteiger charge is 2.33. The Morgan fingerprint density at radius 3 is 2.17 bits per heavy atom. The lowest BCUT2D eigenvalue weighted by molar-refractivity contribution is -0.0921. The van der Waals surface area contributed by atoms with Crippen LogP contribution in [0, 0.1) is 5.41 Å². The third kappa shape index (κ3) is 3.90. The summed E-state index contributed by atoms with van der Waals surface area (Å²) in [5.41, 5.74) is -1.22. The molecule has 0 atom stereocenters. The van der Waals surface area contributed by atoms with Gasteiger partial charge in [-0.05, 0) is 19.9 Å². The Bertz CT molecular complexity index is 225. The molecule has 12 heavy (non-hydrogen) atoms. The van der Waals surface area contributed by atoms with Crippen molar-refractivity contribution < 1.29 is 13.2 Å². The Hall–Kier alpha value is -1.13. The molecule has 5 heteroatoms. The standard InChI is InChI=1S/C7H9F3N2/c1-3-12-6(4-5(2)11)7(8,9)10/h3-4,11H,1-2H3/b6-4-,11-5?,12-3?. The van der Waals surface area contributed by atoms with E-state index in [0.29, 0.717) is 6.08 Å². The van der Waals surface area contributed by atoms with E-state index in [1.54, 1.807) is 0 Å². The highest BCUT2D eigenvalue weighted by atomic mass is 19.4. The average Bonchev–Trinajstić information content (AvgIpc) is 1.83. The molecule has 1 N–H and O–H groups in total. The minimum absolute atomic E-state index is 0.173. The summed E-state index contributed by atoms with van der Waals surface area (Å²) in [6.45, 7) is 2.65. The fraction of sp³-hybridized carbons (Fsp3) is 0.429. The van der Waals surface area contributed by atoms with Gasteiger partial charge in [0.1, 0.15) is 5.70 Å². The van der Waals surface area contributed by atoms with Gasteiger partial charge in [-0.3, -0.25) is 4.99 Å². The van der Waals surface area contributed by atoms with Crippen LogP contribution in [0.2, 0.25) is 0 Å². The molecule has 0 unspecified atom stereocenters. The van der Waals surface area contributed by atoms with E-state index >= 15 is 0 Å². The molecule has 0 amide bonds. The van der Waals surface area contributed by atoms with E-state index in [-0.39, 0.29) is 5.71 Å². The maximum atomic E-state index is 12.0. The van der Waals surface area contributed by atoms with E-state index in [4.69, 9.17) is 5.41 Å². The monoisotopic (exact) mass is 178 g/mol. The maximum absolute atomic E-state index is 12.0. The number of hydrogen-bond acceptors (Lipinski definition) is 2. The summed E-state index contributed by atoms with van der Waals surface area (Å²) in [4.78, 5) is 3.11. The SMILES string of the molecule is CC=N/C(=C\C(C)=N)C(F)(F)F. The number of nitrogens with zero attached hydrogens (tertiary/aromatic N) is 1. The molecule has 0 fully saturated rings. The average molecular weight is 178 g/mol. The lowest BCUT2D eigenvalue weighted by Gasteiger charge is -2.05. The second-order valence-corrected chi connectivity index (χ2v) is 2.10. The van der Waals surface area contributed by atoms with Crippen molar-refractivity contribution in [3.05, 3.63) is 11.8 Å². The first-order valence-corrected chi connectivity index (χ1v) is 3.20. The Kier molecular flexibility index (Phi) is 3.66. The van der Waals surface area contributed by atoms with Gasteiger partial charge in [0, 0.05) is 11.9 Å². The van der Waals surface area contributed by atoms with Crippen molar-refractivity contribution in [3.8, 4) is 0 Å². The number of aliphatic imine (C=N–C) groups is 1. The van der Waals surface area contributed by atoms with Crippen LogP contribution in [0.25, 0.3) is 0 Å². The van der Waals surface area contributed by atoms with Crippen LogP contribution in [0.5, 0.6) is 0 Å². The highest BCUT2D eigenvalue weighted by molar-refractivity contribution is 5.90. The van der Waals surface area contributed by atoms with Gasteiger partial charge in [0.05, 0.1) is 0 Å². The molecule has 0 rings (SSSR count). The van der Waals surface area contributed by atoms with Crippen LogP contribution in [-0.2, 0) is 0 Å². The second-order valence-electron chi connectivity index (χ2n) is 2.10. The van der Waals surface area contributed by atoms with Crippen LogP contribution in [0.3, 0.4) is 0 Å². The van der Waals surface area contributed by atoms with Crippen molar-refractivity contribution in [2.75, 3.05) is 0 Å². The molecule has 0 spiro atoms. The molecule has 0 aromatic heterocycles. The van der Waals surface area contributed by atoms with Crippen molar-refractivity contribution in [3.63, 3.8) is 0 Å². The van der Waals surface area contributed by atoms with Gasteiger partial charge in [-0.15, -0.1) is 0 Å². The van der Waals surface area contributed by atoms with Crippen molar-refractivity contribution in [1.29, 1.82) is 5.41 Å². The van der Waals surface area contributed by atoms with Crippen molar-refractivity contribution in [1.82, 2.24) is 0 Å². The van der Waals surface area contributed by atoms with Gasteiger partial charge < -0.3 is 5.41 Å².